The Balaban J connectivity index is 1.94. The Hall–Kier alpha value is -2.62. The molecule has 0 fully saturated rings. The van der Waals surface area contributed by atoms with Gasteiger partial charge in [-0.15, -0.1) is 0 Å². The lowest BCUT2D eigenvalue weighted by molar-refractivity contribution is -0.149. The molecule has 2 rings (SSSR count). The summed E-state index contributed by atoms with van der Waals surface area (Å²) < 4.78 is 37.1. The van der Waals surface area contributed by atoms with E-state index >= 15 is 0 Å². The number of nitrogens with zero attached hydrogens (tertiary/aromatic N) is 1. The smallest absolute Gasteiger partial charge is 0.344 e. The van der Waals surface area contributed by atoms with Crippen LogP contribution in [0.5, 0.6) is 5.75 Å². The Kier molecular flexibility index (Phi) is 8.85. The molecule has 1 amide bonds. The van der Waals surface area contributed by atoms with Crippen molar-refractivity contribution in [3.05, 3.63) is 53.1 Å². The molecule has 1 N–H and O–H groups in total. The van der Waals surface area contributed by atoms with E-state index in [0.717, 1.165) is 0 Å². The third kappa shape index (κ3) is 6.95. The Morgan fingerprint density at radius 3 is 2.42 bits per heavy atom. The number of rotatable bonds is 10. The quantitative estimate of drug-likeness (QED) is 0.537. The molecule has 0 bridgehead atoms. The average Bonchev–Trinajstić information content (AvgIpc) is 2.72. The van der Waals surface area contributed by atoms with E-state index in [4.69, 9.17) is 21.1 Å². The standard InChI is InChI=1S/C21H25ClN2O6S/c1-4-24(5-2)31(27,28)19-12-17(10-9-15(19)3)23-20(25)13-30-21(26)14-29-18-8-6-7-16(22)11-18/h6-12H,4-5,13-14H2,1-3H3,(H,23,25). The van der Waals surface area contributed by atoms with Crippen LogP contribution in [0, 0.1) is 6.92 Å². The number of anilines is 1. The molecule has 0 saturated heterocycles. The van der Waals surface area contributed by atoms with Crippen molar-refractivity contribution in [3.8, 4) is 5.75 Å². The van der Waals surface area contributed by atoms with Crippen molar-refractivity contribution in [2.24, 2.45) is 0 Å². The Labute approximate surface area is 187 Å². The highest BCUT2D eigenvalue weighted by atomic mass is 35.5. The third-order valence-corrected chi connectivity index (χ3v) is 6.74. The first-order valence-electron chi connectivity index (χ1n) is 9.62. The predicted octanol–water partition coefficient (Wildman–Crippen LogP) is 3.24. The van der Waals surface area contributed by atoms with Gasteiger partial charge >= 0.3 is 5.97 Å². The minimum absolute atomic E-state index is 0.112. The van der Waals surface area contributed by atoms with Gasteiger partial charge in [-0.25, -0.2) is 13.2 Å². The fraction of sp³-hybridized carbons (Fsp3) is 0.333. The maximum absolute atomic E-state index is 12.8. The number of carbonyl (C=O) groups is 2. The number of nitrogens with one attached hydrogen (secondary N) is 1. The zero-order valence-corrected chi connectivity index (χ0v) is 19.1. The second-order valence-electron chi connectivity index (χ2n) is 6.52. The number of sulfonamides is 1. The second-order valence-corrected chi connectivity index (χ2v) is 8.87. The lowest BCUT2D eigenvalue weighted by Gasteiger charge is -2.20. The van der Waals surface area contributed by atoms with Gasteiger partial charge in [0.25, 0.3) is 5.91 Å². The van der Waals surface area contributed by atoms with Gasteiger partial charge in [0.2, 0.25) is 10.0 Å². The van der Waals surface area contributed by atoms with Gasteiger partial charge in [0.15, 0.2) is 13.2 Å². The molecular weight excluding hydrogens is 444 g/mol. The van der Waals surface area contributed by atoms with Crippen LogP contribution in [0.3, 0.4) is 0 Å². The molecule has 31 heavy (non-hydrogen) atoms. The van der Waals surface area contributed by atoms with E-state index in [1.807, 2.05) is 0 Å². The molecule has 2 aromatic carbocycles. The Morgan fingerprint density at radius 2 is 1.77 bits per heavy atom. The van der Waals surface area contributed by atoms with Gasteiger partial charge in [0, 0.05) is 23.8 Å². The first-order valence-corrected chi connectivity index (χ1v) is 11.4. The van der Waals surface area contributed by atoms with E-state index in [9.17, 15) is 18.0 Å². The molecule has 0 aliphatic carbocycles. The van der Waals surface area contributed by atoms with Gasteiger partial charge in [0.05, 0.1) is 4.90 Å². The van der Waals surface area contributed by atoms with Crippen molar-refractivity contribution in [1.29, 1.82) is 0 Å². The lowest BCUT2D eigenvalue weighted by atomic mass is 10.2. The molecule has 168 valence electrons. The molecule has 0 aliphatic rings. The second kappa shape index (κ2) is 11.1. The van der Waals surface area contributed by atoms with Crippen LogP contribution in [0.25, 0.3) is 0 Å². The molecule has 0 aliphatic heterocycles. The van der Waals surface area contributed by atoms with E-state index in [0.29, 0.717) is 29.4 Å². The van der Waals surface area contributed by atoms with Gasteiger partial charge in [0.1, 0.15) is 5.75 Å². The predicted molar refractivity (Wildman–Crippen MR) is 118 cm³/mol. The highest BCUT2D eigenvalue weighted by Gasteiger charge is 2.24. The Bertz CT molecular complexity index is 1040. The zero-order valence-electron chi connectivity index (χ0n) is 17.6. The number of esters is 1. The van der Waals surface area contributed by atoms with Crippen molar-refractivity contribution in [2.75, 3.05) is 31.6 Å². The van der Waals surface area contributed by atoms with Crippen LogP contribution in [0.2, 0.25) is 5.02 Å². The average molecular weight is 469 g/mol. The fourth-order valence-electron chi connectivity index (χ4n) is 2.74. The van der Waals surface area contributed by atoms with Gasteiger partial charge < -0.3 is 14.8 Å². The van der Waals surface area contributed by atoms with E-state index < -0.39 is 28.5 Å². The molecule has 0 saturated carbocycles. The summed E-state index contributed by atoms with van der Waals surface area (Å²) in [5.41, 5.74) is 0.849. The number of amides is 1. The highest BCUT2D eigenvalue weighted by Crippen LogP contribution is 2.23. The molecule has 0 radical (unpaired) electrons. The minimum atomic E-state index is -3.68. The molecule has 0 unspecified atom stereocenters. The van der Waals surface area contributed by atoms with Crippen molar-refractivity contribution in [2.45, 2.75) is 25.7 Å². The molecule has 0 heterocycles. The summed E-state index contributed by atoms with van der Waals surface area (Å²) in [7, 11) is -3.68. The minimum Gasteiger partial charge on any atom is -0.482 e. The maximum atomic E-state index is 12.8. The fourth-order valence-corrected chi connectivity index (χ4v) is 4.63. The number of benzene rings is 2. The van der Waals surface area contributed by atoms with E-state index in [-0.39, 0.29) is 17.2 Å². The van der Waals surface area contributed by atoms with E-state index in [2.05, 4.69) is 5.32 Å². The number of ether oxygens (including phenoxy) is 2. The number of halogens is 1. The van der Waals surface area contributed by atoms with Gasteiger partial charge in [-0.1, -0.05) is 37.6 Å². The van der Waals surface area contributed by atoms with Crippen LogP contribution in [-0.2, 0) is 24.3 Å². The number of carbonyl (C=O) groups excluding carboxylic acids is 2. The first-order chi connectivity index (χ1) is 14.7. The summed E-state index contributed by atoms with van der Waals surface area (Å²) in [5, 5.41) is 3.00. The number of aryl methyl sites for hydroxylation is 1. The summed E-state index contributed by atoms with van der Waals surface area (Å²) in [6, 6.07) is 11.1. The molecule has 0 atom stereocenters. The molecule has 8 nitrogen and oxygen atoms in total. The van der Waals surface area contributed by atoms with Crippen LogP contribution < -0.4 is 10.1 Å². The van der Waals surface area contributed by atoms with Crippen LogP contribution >= 0.6 is 11.6 Å². The molecule has 2 aromatic rings. The Morgan fingerprint density at radius 1 is 1.06 bits per heavy atom. The molecule has 0 spiro atoms. The highest BCUT2D eigenvalue weighted by molar-refractivity contribution is 7.89. The van der Waals surface area contributed by atoms with Crippen molar-refractivity contribution in [1.82, 2.24) is 4.31 Å². The van der Waals surface area contributed by atoms with Gasteiger partial charge in [-0.3, -0.25) is 4.79 Å². The van der Waals surface area contributed by atoms with Crippen molar-refractivity contribution in [3.63, 3.8) is 0 Å². The molecular formula is C21H25ClN2O6S. The lowest BCUT2D eigenvalue weighted by Crippen LogP contribution is -2.31. The van der Waals surface area contributed by atoms with Gasteiger partial charge in [-0.05, 0) is 42.8 Å². The van der Waals surface area contributed by atoms with Crippen molar-refractivity contribution >= 4 is 39.2 Å². The van der Waals surface area contributed by atoms with Crippen LogP contribution in [0.15, 0.2) is 47.4 Å². The largest absolute Gasteiger partial charge is 0.482 e. The van der Waals surface area contributed by atoms with Crippen LogP contribution in [0.1, 0.15) is 19.4 Å². The van der Waals surface area contributed by atoms with E-state index in [1.165, 1.54) is 10.4 Å². The summed E-state index contributed by atoms with van der Waals surface area (Å²) in [6.07, 6.45) is 0. The zero-order chi connectivity index (χ0) is 23.0. The molecule has 0 aromatic heterocycles. The summed E-state index contributed by atoms with van der Waals surface area (Å²) in [4.78, 5) is 24.0. The summed E-state index contributed by atoms with van der Waals surface area (Å²) >= 11 is 5.83. The first kappa shape index (κ1) is 24.6. The normalized spacial score (nSPS) is 11.3. The number of hydrogen-bond acceptors (Lipinski definition) is 6. The number of hydrogen-bond donors (Lipinski definition) is 1. The summed E-state index contributed by atoms with van der Waals surface area (Å²) in [5.74, 6) is -0.939. The molecule has 10 heteroatoms. The van der Waals surface area contributed by atoms with Crippen LogP contribution in [0.4, 0.5) is 5.69 Å². The SMILES string of the molecule is CCN(CC)S(=O)(=O)c1cc(NC(=O)COC(=O)COc2cccc(Cl)c2)ccc1C. The topological polar surface area (TPSA) is 102 Å². The third-order valence-electron chi connectivity index (χ3n) is 4.31. The maximum Gasteiger partial charge on any atom is 0.344 e. The van der Waals surface area contributed by atoms with E-state index in [1.54, 1.807) is 57.2 Å². The van der Waals surface area contributed by atoms with Crippen LogP contribution in [-0.4, -0.2) is 50.9 Å². The monoisotopic (exact) mass is 468 g/mol. The van der Waals surface area contributed by atoms with Crippen molar-refractivity contribution < 1.29 is 27.5 Å². The summed E-state index contributed by atoms with van der Waals surface area (Å²) in [6.45, 7) is 4.95. The van der Waals surface area contributed by atoms with Gasteiger partial charge in [-0.2, -0.15) is 4.31 Å².